The standard InChI is InChI=1S/C19H31NO/c1-3-5-15-6-10-17(11-7-15)19(20-4-2)14-16-8-12-18(21)13-9-16/h8-9,12-13,15,17,19-21H,3-7,10-11,14H2,1-2H3. The minimum absolute atomic E-state index is 0.360. The summed E-state index contributed by atoms with van der Waals surface area (Å²) in [6.07, 6.45) is 9.40. The third-order valence-corrected chi connectivity index (χ3v) is 5.02. The van der Waals surface area contributed by atoms with Gasteiger partial charge in [0.05, 0.1) is 0 Å². The number of phenolic OH excluding ortho intramolecular Hbond substituents is 1. The second kappa shape index (κ2) is 8.43. The van der Waals surface area contributed by atoms with Gasteiger partial charge >= 0.3 is 0 Å². The van der Waals surface area contributed by atoms with Crippen LogP contribution in [0.3, 0.4) is 0 Å². The molecule has 1 atom stereocenters. The van der Waals surface area contributed by atoms with E-state index in [-0.39, 0.29) is 0 Å². The van der Waals surface area contributed by atoms with Gasteiger partial charge in [0.2, 0.25) is 0 Å². The zero-order valence-corrected chi connectivity index (χ0v) is 13.6. The van der Waals surface area contributed by atoms with E-state index in [1.165, 1.54) is 44.1 Å². The van der Waals surface area contributed by atoms with Gasteiger partial charge in [0.1, 0.15) is 5.75 Å². The third-order valence-electron chi connectivity index (χ3n) is 5.02. The third kappa shape index (κ3) is 5.03. The molecule has 1 aliphatic carbocycles. The average Bonchev–Trinajstić information content (AvgIpc) is 2.50. The molecule has 1 aromatic carbocycles. The van der Waals surface area contributed by atoms with Gasteiger partial charge in [-0.1, -0.05) is 51.7 Å². The minimum atomic E-state index is 0.360. The summed E-state index contributed by atoms with van der Waals surface area (Å²) in [6, 6.07) is 8.31. The van der Waals surface area contributed by atoms with Crippen molar-refractivity contribution in [3.8, 4) is 5.75 Å². The van der Waals surface area contributed by atoms with Crippen LogP contribution in [0.15, 0.2) is 24.3 Å². The minimum Gasteiger partial charge on any atom is -0.508 e. The van der Waals surface area contributed by atoms with E-state index < -0.39 is 0 Å². The van der Waals surface area contributed by atoms with Gasteiger partial charge in [-0.25, -0.2) is 0 Å². The number of hydrogen-bond acceptors (Lipinski definition) is 2. The molecule has 1 aromatic rings. The predicted molar refractivity (Wildman–Crippen MR) is 89.6 cm³/mol. The molecule has 1 fully saturated rings. The number of likely N-dealkylation sites (N-methyl/N-ethyl adjacent to an activating group) is 1. The quantitative estimate of drug-likeness (QED) is 0.773. The maximum Gasteiger partial charge on any atom is 0.115 e. The lowest BCUT2D eigenvalue weighted by atomic mass is 9.76. The van der Waals surface area contributed by atoms with E-state index >= 15 is 0 Å². The molecule has 0 amide bonds. The summed E-state index contributed by atoms with van der Waals surface area (Å²) in [7, 11) is 0. The molecule has 0 radical (unpaired) electrons. The highest BCUT2D eigenvalue weighted by molar-refractivity contribution is 5.26. The van der Waals surface area contributed by atoms with Gasteiger partial charge in [-0.2, -0.15) is 0 Å². The molecular weight excluding hydrogens is 258 g/mol. The van der Waals surface area contributed by atoms with Crippen molar-refractivity contribution in [1.82, 2.24) is 5.32 Å². The molecule has 0 saturated heterocycles. The predicted octanol–water partition coefficient (Wildman–Crippen LogP) is 4.52. The maximum atomic E-state index is 9.41. The van der Waals surface area contributed by atoms with Crippen LogP contribution in [0, 0.1) is 11.8 Å². The molecule has 1 saturated carbocycles. The van der Waals surface area contributed by atoms with E-state index in [2.05, 4.69) is 31.3 Å². The van der Waals surface area contributed by atoms with Crippen LogP contribution in [0.25, 0.3) is 0 Å². The molecule has 0 bridgehead atoms. The molecular formula is C19H31NO. The van der Waals surface area contributed by atoms with Crippen molar-refractivity contribution >= 4 is 0 Å². The summed E-state index contributed by atoms with van der Waals surface area (Å²) < 4.78 is 0. The van der Waals surface area contributed by atoms with E-state index in [0.717, 1.165) is 24.8 Å². The number of benzene rings is 1. The van der Waals surface area contributed by atoms with Crippen LogP contribution in [-0.4, -0.2) is 17.7 Å². The SMILES string of the molecule is CCCC1CCC(C(Cc2ccc(O)cc2)NCC)CC1. The first-order valence-electron chi connectivity index (χ1n) is 8.74. The Balaban J connectivity index is 1.91. The number of phenols is 1. The summed E-state index contributed by atoms with van der Waals surface area (Å²) in [5.74, 6) is 2.15. The van der Waals surface area contributed by atoms with Gasteiger partial charge in [0, 0.05) is 6.04 Å². The Kier molecular flexibility index (Phi) is 6.56. The molecule has 0 spiro atoms. The van der Waals surface area contributed by atoms with E-state index in [4.69, 9.17) is 0 Å². The van der Waals surface area contributed by atoms with Crippen molar-refractivity contribution in [3.05, 3.63) is 29.8 Å². The van der Waals surface area contributed by atoms with Crippen molar-refractivity contribution in [2.45, 2.75) is 64.8 Å². The van der Waals surface area contributed by atoms with Crippen LogP contribution in [-0.2, 0) is 6.42 Å². The first-order chi connectivity index (χ1) is 10.2. The van der Waals surface area contributed by atoms with Gasteiger partial charge in [0.25, 0.3) is 0 Å². The second-order valence-electron chi connectivity index (χ2n) is 6.60. The second-order valence-corrected chi connectivity index (χ2v) is 6.60. The maximum absolute atomic E-state index is 9.41. The van der Waals surface area contributed by atoms with Crippen LogP contribution in [0.1, 0.15) is 57.9 Å². The lowest BCUT2D eigenvalue weighted by Gasteiger charge is -2.34. The highest BCUT2D eigenvalue weighted by atomic mass is 16.3. The summed E-state index contributed by atoms with van der Waals surface area (Å²) >= 11 is 0. The Labute approximate surface area is 130 Å². The van der Waals surface area contributed by atoms with Gasteiger partial charge in [-0.05, 0) is 55.3 Å². The summed E-state index contributed by atoms with van der Waals surface area (Å²) in [6.45, 7) is 5.54. The van der Waals surface area contributed by atoms with Crippen LogP contribution in [0.4, 0.5) is 0 Å². The normalized spacial score (nSPS) is 23.9. The van der Waals surface area contributed by atoms with Gasteiger partial charge in [0.15, 0.2) is 0 Å². The van der Waals surface area contributed by atoms with Crippen LogP contribution >= 0.6 is 0 Å². The van der Waals surface area contributed by atoms with Gasteiger partial charge < -0.3 is 10.4 Å². The topological polar surface area (TPSA) is 32.3 Å². The number of rotatable bonds is 7. The molecule has 2 N–H and O–H groups in total. The monoisotopic (exact) mass is 289 g/mol. The Morgan fingerprint density at radius 2 is 1.76 bits per heavy atom. The average molecular weight is 289 g/mol. The van der Waals surface area contributed by atoms with Crippen molar-refractivity contribution in [2.75, 3.05) is 6.54 Å². The zero-order chi connectivity index (χ0) is 15.1. The fourth-order valence-corrected chi connectivity index (χ4v) is 3.84. The highest BCUT2D eigenvalue weighted by Crippen LogP contribution is 2.34. The first-order valence-corrected chi connectivity index (χ1v) is 8.74. The molecule has 2 rings (SSSR count). The van der Waals surface area contributed by atoms with Gasteiger partial charge in [-0.3, -0.25) is 0 Å². The molecule has 2 heteroatoms. The molecule has 118 valence electrons. The van der Waals surface area contributed by atoms with Gasteiger partial charge in [-0.15, -0.1) is 0 Å². The van der Waals surface area contributed by atoms with E-state index in [1.807, 2.05) is 0 Å². The largest absolute Gasteiger partial charge is 0.508 e. The number of hydrogen-bond donors (Lipinski definition) is 2. The van der Waals surface area contributed by atoms with E-state index in [9.17, 15) is 5.11 Å². The molecule has 0 aromatic heterocycles. The lowest BCUT2D eigenvalue weighted by Crippen LogP contribution is -2.39. The molecule has 2 nitrogen and oxygen atoms in total. The number of nitrogens with one attached hydrogen (secondary N) is 1. The van der Waals surface area contributed by atoms with Crippen molar-refractivity contribution in [3.63, 3.8) is 0 Å². The molecule has 21 heavy (non-hydrogen) atoms. The van der Waals surface area contributed by atoms with Crippen molar-refractivity contribution in [2.24, 2.45) is 11.8 Å². The Morgan fingerprint density at radius 1 is 1.10 bits per heavy atom. The van der Waals surface area contributed by atoms with Crippen LogP contribution in [0.2, 0.25) is 0 Å². The summed E-state index contributed by atoms with van der Waals surface area (Å²) in [4.78, 5) is 0. The summed E-state index contributed by atoms with van der Waals surface area (Å²) in [5, 5.41) is 13.1. The fraction of sp³-hybridized carbons (Fsp3) is 0.684. The van der Waals surface area contributed by atoms with E-state index in [0.29, 0.717) is 11.8 Å². The number of aromatic hydroxyl groups is 1. The fourth-order valence-electron chi connectivity index (χ4n) is 3.84. The Bertz CT molecular complexity index is 393. The molecule has 0 aliphatic heterocycles. The Morgan fingerprint density at radius 3 is 2.33 bits per heavy atom. The Hall–Kier alpha value is -1.02. The zero-order valence-electron chi connectivity index (χ0n) is 13.6. The van der Waals surface area contributed by atoms with Crippen LogP contribution in [0.5, 0.6) is 5.75 Å². The van der Waals surface area contributed by atoms with Crippen LogP contribution < -0.4 is 5.32 Å². The smallest absolute Gasteiger partial charge is 0.115 e. The molecule has 1 aliphatic rings. The van der Waals surface area contributed by atoms with E-state index in [1.54, 1.807) is 12.1 Å². The van der Waals surface area contributed by atoms with Crippen molar-refractivity contribution < 1.29 is 5.11 Å². The molecule has 0 heterocycles. The first kappa shape index (κ1) is 16.4. The molecule has 1 unspecified atom stereocenters. The summed E-state index contributed by atoms with van der Waals surface area (Å²) in [5.41, 5.74) is 1.33. The lowest BCUT2D eigenvalue weighted by molar-refractivity contribution is 0.213. The highest BCUT2D eigenvalue weighted by Gasteiger charge is 2.26. The van der Waals surface area contributed by atoms with Crippen molar-refractivity contribution in [1.29, 1.82) is 0 Å².